The van der Waals surface area contributed by atoms with Gasteiger partial charge in [-0.25, -0.2) is 4.79 Å². The molecule has 3 atom stereocenters. The van der Waals surface area contributed by atoms with E-state index in [4.69, 9.17) is 4.74 Å². The number of hydrogen-bond acceptors (Lipinski definition) is 6. The van der Waals surface area contributed by atoms with Gasteiger partial charge in [-0.2, -0.15) is 8.78 Å². The molecule has 0 spiro atoms. The molecular formula is C34H44F2N4O6. The number of likely N-dealkylation sites (tertiary alicyclic amines) is 1. The summed E-state index contributed by atoms with van der Waals surface area (Å²) in [5.41, 5.74) is 0.511. The number of halogens is 2. The summed E-state index contributed by atoms with van der Waals surface area (Å²) in [4.78, 5) is 66.8. The van der Waals surface area contributed by atoms with Gasteiger partial charge in [0.05, 0.1) is 6.04 Å². The van der Waals surface area contributed by atoms with Gasteiger partial charge in [0.2, 0.25) is 17.6 Å². The summed E-state index contributed by atoms with van der Waals surface area (Å²) in [6.07, 6.45) is -0.145. The van der Waals surface area contributed by atoms with Gasteiger partial charge in [-0.15, -0.1) is 0 Å². The number of ether oxygens (including phenoxy) is 1. The highest BCUT2D eigenvalue weighted by atomic mass is 19.3. The van der Waals surface area contributed by atoms with E-state index in [-0.39, 0.29) is 38.3 Å². The van der Waals surface area contributed by atoms with Crippen LogP contribution in [-0.4, -0.2) is 77.2 Å². The van der Waals surface area contributed by atoms with Gasteiger partial charge in [-0.3, -0.25) is 19.2 Å². The van der Waals surface area contributed by atoms with Crippen molar-refractivity contribution >= 4 is 29.6 Å². The van der Waals surface area contributed by atoms with Gasteiger partial charge < -0.3 is 25.6 Å². The highest BCUT2D eigenvalue weighted by Gasteiger charge is 2.51. The maximum atomic E-state index is 15.3. The SMILES string of the molecule is CC(C)[C@H](NC(=O)OC(C)(C)C)C(=O)N1CCC[C@H]1C(=O)N[C@H](Cc1ccccc1)C(=O)C(F)(F)C(=O)NCCc1ccccc1. The summed E-state index contributed by atoms with van der Waals surface area (Å²) in [5, 5.41) is 7.13. The number of alkyl halides is 2. The average Bonchev–Trinajstić information content (AvgIpc) is 3.49. The van der Waals surface area contributed by atoms with Crippen LogP contribution in [0.3, 0.4) is 0 Å². The number of carbonyl (C=O) groups is 5. The molecule has 2 aromatic rings. The Kier molecular flexibility index (Phi) is 12.4. The molecule has 1 aliphatic heterocycles. The monoisotopic (exact) mass is 642 g/mol. The van der Waals surface area contributed by atoms with E-state index in [9.17, 15) is 24.0 Å². The molecule has 1 heterocycles. The van der Waals surface area contributed by atoms with Gasteiger partial charge in [0, 0.05) is 19.5 Å². The lowest BCUT2D eigenvalue weighted by molar-refractivity contribution is -0.160. The lowest BCUT2D eigenvalue weighted by Crippen LogP contribution is -2.59. The third-order valence-electron chi connectivity index (χ3n) is 7.50. The molecule has 0 bridgehead atoms. The Morgan fingerprint density at radius 3 is 2.07 bits per heavy atom. The van der Waals surface area contributed by atoms with Crippen LogP contribution in [0.25, 0.3) is 0 Å². The number of ketones is 1. The predicted octanol–water partition coefficient (Wildman–Crippen LogP) is 3.82. The molecular weight excluding hydrogens is 598 g/mol. The van der Waals surface area contributed by atoms with E-state index < -0.39 is 59.2 Å². The third-order valence-corrected chi connectivity index (χ3v) is 7.50. The number of hydrogen-bond donors (Lipinski definition) is 3. The summed E-state index contributed by atoms with van der Waals surface area (Å²) in [7, 11) is 0. The van der Waals surface area contributed by atoms with Gasteiger partial charge in [-0.1, -0.05) is 74.5 Å². The molecule has 3 rings (SSSR count). The topological polar surface area (TPSA) is 134 Å². The molecule has 3 N–H and O–H groups in total. The maximum absolute atomic E-state index is 15.3. The van der Waals surface area contributed by atoms with Gasteiger partial charge in [-0.05, 0) is 57.1 Å². The van der Waals surface area contributed by atoms with E-state index in [1.807, 2.05) is 0 Å². The highest BCUT2D eigenvalue weighted by molar-refractivity contribution is 6.10. The highest BCUT2D eigenvalue weighted by Crippen LogP contribution is 2.23. The number of carbonyl (C=O) groups excluding carboxylic acids is 5. The molecule has 250 valence electrons. The number of Topliss-reactive ketones (excluding diaryl/α,β-unsaturated/α-hetero) is 1. The first-order valence-corrected chi connectivity index (χ1v) is 15.5. The normalized spacial score (nSPS) is 16.3. The van der Waals surface area contributed by atoms with Crippen LogP contribution in [0.2, 0.25) is 0 Å². The number of amides is 4. The third kappa shape index (κ3) is 10.1. The lowest BCUT2D eigenvalue weighted by Gasteiger charge is -2.32. The van der Waals surface area contributed by atoms with Crippen molar-refractivity contribution in [3.05, 3.63) is 71.8 Å². The second kappa shape index (κ2) is 15.8. The van der Waals surface area contributed by atoms with Gasteiger partial charge in [0.15, 0.2) is 0 Å². The minimum absolute atomic E-state index is 0.116. The molecule has 0 saturated carbocycles. The Hall–Kier alpha value is -4.35. The van der Waals surface area contributed by atoms with Crippen molar-refractivity contribution in [2.24, 2.45) is 5.92 Å². The second-order valence-electron chi connectivity index (χ2n) is 12.7. The van der Waals surface area contributed by atoms with Crippen LogP contribution >= 0.6 is 0 Å². The number of nitrogens with one attached hydrogen (secondary N) is 3. The zero-order valence-electron chi connectivity index (χ0n) is 27.0. The fourth-order valence-corrected chi connectivity index (χ4v) is 5.16. The molecule has 0 aliphatic carbocycles. The fourth-order valence-electron chi connectivity index (χ4n) is 5.16. The van der Waals surface area contributed by atoms with Gasteiger partial charge >= 0.3 is 12.0 Å². The first-order valence-electron chi connectivity index (χ1n) is 15.5. The van der Waals surface area contributed by atoms with Gasteiger partial charge in [0.25, 0.3) is 5.91 Å². The van der Waals surface area contributed by atoms with E-state index >= 15 is 8.78 Å². The standard InChI is InChI=1S/C34H44F2N4O6/c1-22(2)27(39-32(45)46-33(3,4)5)30(43)40-20-12-17-26(40)29(42)38-25(21-24-15-10-7-11-16-24)28(41)34(35,36)31(44)37-19-18-23-13-8-6-9-14-23/h6-11,13-16,22,25-27H,12,17-21H2,1-5H3,(H,37,44)(H,38,42)(H,39,45)/t25-,26+,27+/m1/s1. The fraction of sp³-hybridized carbons (Fsp3) is 0.500. The summed E-state index contributed by atoms with van der Waals surface area (Å²) < 4.78 is 36.0. The Morgan fingerprint density at radius 1 is 0.913 bits per heavy atom. The smallest absolute Gasteiger partial charge is 0.408 e. The van der Waals surface area contributed by atoms with Crippen molar-refractivity contribution in [2.45, 2.75) is 90.0 Å². The van der Waals surface area contributed by atoms with Gasteiger partial charge in [0.1, 0.15) is 17.7 Å². The van der Waals surface area contributed by atoms with Crippen LogP contribution in [0.15, 0.2) is 60.7 Å². The van der Waals surface area contributed by atoms with Crippen molar-refractivity contribution < 1.29 is 37.5 Å². The van der Waals surface area contributed by atoms with Crippen LogP contribution < -0.4 is 16.0 Å². The molecule has 0 aromatic heterocycles. The van der Waals surface area contributed by atoms with E-state index in [1.54, 1.807) is 95.3 Å². The van der Waals surface area contributed by atoms with Crippen molar-refractivity contribution in [3.63, 3.8) is 0 Å². The summed E-state index contributed by atoms with van der Waals surface area (Å²) >= 11 is 0. The van der Waals surface area contributed by atoms with E-state index in [2.05, 4.69) is 16.0 Å². The largest absolute Gasteiger partial charge is 0.444 e. The van der Waals surface area contributed by atoms with Crippen molar-refractivity contribution in [3.8, 4) is 0 Å². The van der Waals surface area contributed by atoms with Crippen molar-refractivity contribution in [1.82, 2.24) is 20.9 Å². The Morgan fingerprint density at radius 2 is 1.50 bits per heavy atom. The van der Waals surface area contributed by atoms with Crippen LogP contribution in [0.5, 0.6) is 0 Å². The van der Waals surface area contributed by atoms with E-state index in [1.165, 1.54) is 4.90 Å². The summed E-state index contributed by atoms with van der Waals surface area (Å²) in [6.45, 7) is 8.58. The molecule has 12 heteroatoms. The molecule has 1 saturated heterocycles. The summed E-state index contributed by atoms with van der Waals surface area (Å²) in [6, 6.07) is 13.4. The molecule has 10 nitrogen and oxygen atoms in total. The quantitative estimate of drug-likeness (QED) is 0.285. The maximum Gasteiger partial charge on any atom is 0.408 e. The second-order valence-corrected chi connectivity index (χ2v) is 12.7. The minimum Gasteiger partial charge on any atom is -0.444 e. The molecule has 2 aromatic carbocycles. The minimum atomic E-state index is -4.44. The Bertz CT molecular complexity index is 1360. The molecule has 46 heavy (non-hydrogen) atoms. The molecule has 4 amide bonds. The zero-order valence-corrected chi connectivity index (χ0v) is 27.0. The Balaban J connectivity index is 1.76. The predicted molar refractivity (Wildman–Crippen MR) is 168 cm³/mol. The average molecular weight is 643 g/mol. The Labute approximate surface area is 268 Å². The summed E-state index contributed by atoms with van der Waals surface area (Å²) in [5.74, 6) is -9.66. The van der Waals surface area contributed by atoms with Crippen LogP contribution in [0.1, 0.15) is 58.6 Å². The number of alkyl carbamates (subject to hydrolysis) is 1. The van der Waals surface area contributed by atoms with Crippen molar-refractivity contribution in [2.75, 3.05) is 13.1 Å². The molecule has 0 unspecified atom stereocenters. The van der Waals surface area contributed by atoms with Crippen molar-refractivity contribution in [1.29, 1.82) is 0 Å². The lowest BCUT2D eigenvalue weighted by atomic mass is 9.97. The van der Waals surface area contributed by atoms with Crippen LogP contribution in [0, 0.1) is 5.92 Å². The van der Waals surface area contributed by atoms with Crippen LogP contribution in [-0.2, 0) is 36.8 Å². The number of rotatable bonds is 13. The molecule has 1 aliphatic rings. The first-order chi connectivity index (χ1) is 21.6. The van der Waals surface area contributed by atoms with E-state index in [0.29, 0.717) is 12.0 Å². The molecule has 0 radical (unpaired) electrons. The first kappa shape index (κ1) is 36.1. The zero-order chi connectivity index (χ0) is 34.1. The number of nitrogens with zero attached hydrogens (tertiary/aromatic N) is 1. The number of benzene rings is 2. The molecule has 1 fully saturated rings. The van der Waals surface area contributed by atoms with E-state index in [0.717, 1.165) is 5.56 Å². The van der Waals surface area contributed by atoms with Crippen LogP contribution in [0.4, 0.5) is 13.6 Å².